The van der Waals surface area contributed by atoms with E-state index in [4.69, 9.17) is 23.2 Å². The number of halogens is 3. The molecule has 0 atom stereocenters. The molecule has 104 valence electrons. The van der Waals surface area contributed by atoms with Gasteiger partial charge in [0.05, 0.1) is 21.3 Å². The van der Waals surface area contributed by atoms with E-state index in [-0.39, 0.29) is 11.3 Å². The highest BCUT2D eigenvalue weighted by Gasteiger charge is 2.16. The minimum atomic E-state index is -0.488. The summed E-state index contributed by atoms with van der Waals surface area (Å²) in [7, 11) is 0. The van der Waals surface area contributed by atoms with Gasteiger partial charge in [0.15, 0.2) is 0 Å². The predicted molar refractivity (Wildman–Crippen MR) is 85.0 cm³/mol. The van der Waals surface area contributed by atoms with Crippen molar-refractivity contribution >= 4 is 50.7 Å². The van der Waals surface area contributed by atoms with Crippen LogP contribution in [0.5, 0.6) is 5.75 Å². The Bertz CT molecular complexity index is 689. The summed E-state index contributed by atoms with van der Waals surface area (Å²) in [5.74, 6) is -0.608. The van der Waals surface area contributed by atoms with Crippen LogP contribution < -0.4 is 5.32 Å². The van der Waals surface area contributed by atoms with E-state index in [1.54, 1.807) is 18.2 Å². The molecule has 0 aliphatic rings. The monoisotopic (exact) mass is 373 g/mol. The number of rotatable bonds is 2. The zero-order valence-corrected chi connectivity index (χ0v) is 13.5. The van der Waals surface area contributed by atoms with Crippen molar-refractivity contribution in [2.24, 2.45) is 0 Å². The molecule has 3 nitrogen and oxygen atoms in total. The Morgan fingerprint density at radius 3 is 2.65 bits per heavy atom. The minimum Gasteiger partial charge on any atom is -0.507 e. The molecule has 0 unspecified atom stereocenters. The van der Waals surface area contributed by atoms with Crippen LogP contribution in [0, 0.1) is 6.92 Å². The average Bonchev–Trinajstić information content (AvgIpc) is 2.41. The second kappa shape index (κ2) is 6.04. The van der Waals surface area contributed by atoms with Crippen molar-refractivity contribution in [3.8, 4) is 5.75 Å². The first-order chi connectivity index (χ1) is 9.40. The van der Waals surface area contributed by atoms with Crippen LogP contribution in [-0.2, 0) is 0 Å². The fourth-order valence-electron chi connectivity index (χ4n) is 1.64. The Kier molecular flexibility index (Phi) is 4.58. The summed E-state index contributed by atoms with van der Waals surface area (Å²) in [5, 5.41) is 13.1. The SMILES string of the molecule is Cc1ccc(Cl)c(NC(=O)c2cc(Br)ccc2O)c1Cl. The highest BCUT2D eigenvalue weighted by atomic mass is 79.9. The van der Waals surface area contributed by atoms with Gasteiger partial charge < -0.3 is 10.4 Å². The molecule has 1 amide bonds. The van der Waals surface area contributed by atoms with E-state index >= 15 is 0 Å². The average molecular weight is 375 g/mol. The molecule has 0 saturated carbocycles. The number of aromatic hydroxyl groups is 1. The number of carbonyl (C=O) groups excluding carboxylic acids is 1. The fourth-order valence-corrected chi connectivity index (χ4v) is 2.47. The first-order valence-electron chi connectivity index (χ1n) is 5.64. The largest absolute Gasteiger partial charge is 0.507 e. The quantitative estimate of drug-likeness (QED) is 0.775. The summed E-state index contributed by atoms with van der Waals surface area (Å²) < 4.78 is 0.682. The lowest BCUT2D eigenvalue weighted by molar-refractivity contribution is 0.102. The van der Waals surface area contributed by atoms with E-state index in [0.717, 1.165) is 5.56 Å². The summed E-state index contributed by atoms with van der Waals surface area (Å²) in [6.07, 6.45) is 0. The molecule has 6 heteroatoms. The molecule has 0 heterocycles. The van der Waals surface area contributed by atoms with Crippen LogP contribution in [0.1, 0.15) is 15.9 Å². The molecule has 2 aromatic rings. The van der Waals surface area contributed by atoms with E-state index < -0.39 is 5.91 Å². The number of hydrogen-bond acceptors (Lipinski definition) is 2. The molecule has 2 aromatic carbocycles. The lowest BCUT2D eigenvalue weighted by atomic mass is 10.1. The smallest absolute Gasteiger partial charge is 0.259 e. The summed E-state index contributed by atoms with van der Waals surface area (Å²) in [5.41, 5.74) is 1.26. The van der Waals surface area contributed by atoms with Gasteiger partial charge in [0.25, 0.3) is 5.91 Å². The number of phenolic OH excluding ortho intramolecular Hbond substituents is 1. The topological polar surface area (TPSA) is 49.3 Å². The Labute approximate surface area is 134 Å². The number of aryl methyl sites for hydroxylation is 1. The number of anilines is 1. The van der Waals surface area contributed by atoms with Gasteiger partial charge in [-0.1, -0.05) is 45.2 Å². The van der Waals surface area contributed by atoms with Crippen LogP contribution >= 0.6 is 39.1 Å². The molecule has 0 saturated heterocycles. The second-order valence-corrected chi connectivity index (χ2v) is 5.87. The van der Waals surface area contributed by atoms with Crippen molar-refractivity contribution in [3.63, 3.8) is 0 Å². The van der Waals surface area contributed by atoms with Crippen LogP contribution in [-0.4, -0.2) is 11.0 Å². The lowest BCUT2D eigenvalue weighted by Crippen LogP contribution is -2.13. The molecule has 0 aromatic heterocycles. The number of carbonyl (C=O) groups is 1. The molecule has 0 bridgehead atoms. The Morgan fingerprint density at radius 2 is 1.95 bits per heavy atom. The van der Waals surface area contributed by atoms with Crippen molar-refractivity contribution in [3.05, 3.63) is 56.0 Å². The molecule has 20 heavy (non-hydrogen) atoms. The molecule has 0 spiro atoms. The lowest BCUT2D eigenvalue weighted by Gasteiger charge is -2.12. The minimum absolute atomic E-state index is 0.120. The number of phenols is 1. The van der Waals surface area contributed by atoms with Crippen LogP contribution in [0.25, 0.3) is 0 Å². The van der Waals surface area contributed by atoms with Gasteiger partial charge in [0, 0.05) is 4.47 Å². The van der Waals surface area contributed by atoms with Crippen molar-refractivity contribution in [2.45, 2.75) is 6.92 Å². The van der Waals surface area contributed by atoms with E-state index in [2.05, 4.69) is 21.2 Å². The summed E-state index contributed by atoms with van der Waals surface area (Å²) in [6.45, 7) is 1.81. The maximum atomic E-state index is 12.2. The van der Waals surface area contributed by atoms with Crippen molar-refractivity contribution in [1.82, 2.24) is 0 Å². The summed E-state index contributed by atoms with van der Waals surface area (Å²) in [4.78, 5) is 12.2. The molecule has 2 rings (SSSR count). The Hall–Kier alpha value is -1.23. The molecular weight excluding hydrogens is 365 g/mol. The van der Waals surface area contributed by atoms with E-state index in [0.29, 0.717) is 20.2 Å². The van der Waals surface area contributed by atoms with Crippen molar-refractivity contribution in [2.75, 3.05) is 5.32 Å². The molecule has 0 fully saturated rings. The first kappa shape index (κ1) is 15.2. The third-order valence-electron chi connectivity index (χ3n) is 2.73. The van der Waals surface area contributed by atoms with E-state index in [9.17, 15) is 9.90 Å². The molecular formula is C14H10BrCl2NO2. The maximum Gasteiger partial charge on any atom is 0.259 e. The zero-order chi connectivity index (χ0) is 14.9. The van der Waals surface area contributed by atoms with Gasteiger partial charge in [-0.3, -0.25) is 4.79 Å². The second-order valence-electron chi connectivity index (χ2n) is 4.17. The number of hydrogen-bond donors (Lipinski definition) is 2. The fraction of sp³-hybridized carbons (Fsp3) is 0.0714. The van der Waals surface area contributed by atoms with Gasteiger partial charge in [0.2, 0.25) is 0 Å². The summed E-state index contributed by atoms with van der Waals surface area (Å²) >= 11 is 15.4. The van der Waals surface area contributed by atoms with Gasteiger partial charge in [-0.05, 0) is 36.8 Å². The molecule has 0 radical (unpaired) electrons. The van der Waals surface area contributed by atoms with Crippen LogP contribution in [0.3, 0.4) is 0 Å². The Balaban J connectivity index is 2.38. The highest BCUT2D eigenvalue weighted by molar-refractivity contribution is 9.10. The van der Waals surface area contributed by atoms with E-state index in [1.165, 1.54) is 12.1 Å². The van der Waals surface area contributed by atoms with Crippen LogP contribution in [0.2, 0.25) is 10.0 Å². The van der Waals surface area contributed by atoms with Gasteiger partial charge in [0.1, 0.15) is 5.75 Å². The molecule has 2 N–H and O–H groups in total. The molecule has 0 aliphatic carbocycles. The third kappa shape index (κ3) is 3.08. The first-order valence-corrected chi connectivity index (χ1v) is 7.19. The van der Waals surface area contributed by atoms with Gasteiger partial charge >= 0.3 is 0 Å². The molecule has 0 aliphatic heterocycles. The van der Waals surface area contributed by atoms with Gasteiger partial charge in [-0.25, -0.2) is 0 Å². The van der Waals surface area contributed by atoms with Crippen LogP contribution in [0.15, 0.2) is 34.8 Å². The summed E-state index contributed by atoms with van der Waals surface area (Å²) in [6, 6.07) is 8.00. The zero-order valence-electron chi connectivity index (χ0n) is 10.4. The number of nitrogens with one attached hydrogen (secondary N) is 1. The predicted octanol–water partition coefficient (Wildman–Crippen LogP) is 5.02. The van der Waals surface area contributed by atoms with Crippen molar-refractivity contribution in [1.29, 1.82) is 0 Å². The normalized spacial score (nSPS) is 10.4. The van der Waals surface area contributed by atoms with Crippen molar-refractivity contribution < 1.29 is 9.90 Å². The standard InChI is InChI=1S/C14H10BrCl2NO2/c1-7-2-4-10(16)13(12(7)17)18-14(20)9-6-8(15)3-5-11(9)19/h2-6,19H,1H3,(H,18,20). The van der Waals surface area contributed by atoms with Gasteiger partial charge in [-0.2, -0.15) is 0 Å². The maximum absolute atomic E-state index is 12.2. The van der Waals surface area contributed by atoms with Crippen LogP contribution in [0.4, 0.5) is 5.69 Å². The highest BCUT2D eigenvalue weighted by Crippen LogP contribution is 2.34. The Morgan fingerprint density at radius 1 is 1.25 bits per heavy atom. The number of benzene rings is 2. The third-order valence-corrected chi connectivity index (χ3v) is 4.02. The van der Waals surface area contributed by atoms with Gasteiger partial charge in [-0.15, -0.1) is 0 Å². The number of amides is 1. The van der Waals surface area contributed by atoms with E-state index in [1.807, 2.05) is 6.92 Å².